The molecule has 19 heteroatoms. The smallest absolute Gasteiger partial charge is 0.462 e. The van der Waals surface area contributed by atoms with E-state index in [1.165, 1.54) is 70.6 Å². The predicted octanol–water partition coefficient (Wildman–Crippen LogP) is 14.5. The number of hydrogen-bond acceptors (Lipinski definition) is 15. The molecule has 2 unspecified atom stereocenters. The third kappa shape index (κ3) is 51.3. The molecule has 17 nitrogen and oxygen atoms in total. The van der Waals surface area contributed by atoms with Crippen LogP contribution in [-0.4, -0.2) is 96.7 Å². The van der Waals surface area contributed by atoms with Gasteiger partial charge in [0.15, 0.2) is 12.2 Å². The summed E-state index contributed by atoms with van der Waals surface area (Å²) in [6.45, 7) is 9.21. The van der Waals surface area contributed by atoms with Crippen LogP contribution < -0.4 is 0 Å². The molecule has 0 radical (unpaired) electrons. The lowest BCUT2D eigenvalue weighted by Crippen LogP contribution is -2.30. The predicted molar refractivity (Wildman–Crippen MR) is 294 cm³/mol. The number of phosphoric ester groups is 2. The van der Waals surface area contributed by atoms with Gasteiger partial charge in [0.25, 0.3) is 0 Å². The normalized spacial score (nSPS) is 14.5. The van der Waals surface area contributed by atoms with Gasteiger partial charge >= 0.3 is 39.5 Å². The second-order valence-electron chi connectivity index (χ2n) is 21.3. The van der Waals surface area contributed by atoms with Gasteiger partial charge in [-0.05, 0) is 37.5 Å². The summed E-state index contributed by atoms with van der Waals surface area (Å²) in [5.41, 5.74) is 0. The van der Waals surface area contributed by atoms with Crippen molar-refractivity contribution in [3.05, 3.63) is 0 Å². The topological polar surface area (TPSA) is 237 Å². The fourth-order valence-corrected chi connectivity index (χ4v) is 9.70. The van der Waals surface area contributed by atoms with Crippen LogP contribution in [0.5, 0.6) is 0 Å². The Balaban J connectivity index is 5.19. The molecule has 0 heterocycles. The first-order valence-electron chi connectivity index (χ1n) is 29.5. The second-order valence-corrected chi connectivity index (χ2v) is 24.2. The van der Waals surface area contributed by atoms with E-state index in [4.69, 9.17) is 37.0 Å². The first-order valence-corrected chi connectivity index (χ1v) is 32.5. The van der Waals surface area contributed by atoms with Gasteiger partial charge in [-0.15, -0.1) is 0 Å². The van der Waals surface area contributed by atoms with Gasteiger partial charge < -0.3 is 33.8 Å². The molecule has 0 aliphatic heterocycles. The van der Waals surface area contributed by atoms with Crippen LogP contribution >= 0.6 is 15.6 Å². The summed E-state index contributed by atoms with van der Waals surface area (Å²) in [7, 11) is -9.86. The first-order chi connectivity index (χ1) is 35.9. The standard InChI is InChI=1S/C56H108O17P2/c1-7-9-11-13-14-16-20-28-34-40-55(60)72-51(44-66-53(58)38-32-24-12-10-8-2)46-70-74(62,63)68-42-50(57)43-69-75(64,65)71-47-52(45-67-54(59)39-33-27-23-22-26-31-37-49(5)6)73-56(61)41-35-29-21-18-15-17-19-25-30-36-48(3)4/h48-52,57H,7-47H2,1-6H3,(H,62,63)(H,64,65)/t50-,51+,52+/m0/s1. The molecule has 0 aliphatic carbocycles. The minimum absolute atomic E-state index is 0.104. The Labute approximate surface area is 454 Å². The number of aliphatic hydroxyl groups is 1. The van der Waals surface area contributed by atoms with Gasteiger partial charge in [0.05, 0.1) is 26.4 Å². The molecule has 75 heavy (non-hydrogen) atoms. The summed E-state index contributed by atoms with van der Waals surface area (Å²) in [6, 6.07) is 0. The molecule has 0 saturated carbocycles. The van der Waals surface area contributed by atoms with Gasteiger partial charge in [-0.3, -0.25) is 37.3 Å². The molecule has 0 spiro atoms. The number of rotatable bonds is 55. The Morgan fingerprint density at radius 2 is 0.613 bits per heavy atom. The Morgan fingerprint density at radius 1 is 0.360 bits per heavy atom. The number of aliphatic hydroxyl groups excluding tert-OH is 1. The Hall–Kier alpha value is -1.94. The molecule has 444 valence electrons. The fraction of sp³-hybridized carbons (Fsp3) is 0.929. The van der Waals surface area contributed by atoms with Gasteiger partial charge in [-0.1, -0.05) is 215 Å². The van der Waals surface area contributed by atoms with E-state index in [1.54, 1.807) is 0 Å². The average Bonchev–Trinajstić information content (AvgIpc) is 3.36. The molecule has 5 atom stereocenters. The van der Waals surface area contributed by atoms with E-state index in [9.17, 15) is 43.2 Å². The van der Waals surface area contributed by atoms with Crippen LogP contribution in [0.3, 0.4) is 0 Å². The summed E-state index contributed by atoms with van der Waals surface area (Å²) in [4.78, 5) is 71.5. The van der Waals surface area contributed by atoms with Gasteiger partial charge in [-0.25, -0.2) is 9.13 Å². The molecule has 0 aromatic heterocycles. The van der Waals surface area contributed by atoms with Crippen molar-refractivity contribution < 1.29 is 80.2 Å². The van der Waals surface area contributed by atoms with Crippen molar-refractivity contribution in [1.29, 1.82) is 0 Å². The quantitative estimate of drug-likeness (QED) is 0.0222. The zero-order valence-electron chi connectivity index (χ0n) is 47.8. The number of hydrogen-bond donors (Lipinski definition) is 3. The lowest BCUT2D eigenvalue weighted by molar-refractivity contribution is -0.161. The van der Waals surface area contributed by atoms with Crippen LogP contribution in [0.4, 0.5) is 0 Å². The molecule has 0 amide bonds. The summed E-state index contributed by atoms with van der Waals surface area (Å²) in [6.07, 6.45) is 28.5. The van der Waals surface area contributed by atoms with E-state index in [1.807, 2.05) is 0 Å². The van der Waals surface area contributed by atoms with Gasteiger partial charge in [0.1, 0.15) is 19.3 Å². The average molecular weight is 1120 g/mol. The van der Waals surface area contributed by atoms with Crippen LogP contribution in [0.15, 0.2) is 0 Å². The Kier molecular flexibility index (Phi) is 47.9. The van der Waals surface area contributed by atoms with Crippen LogP contribution in [0.1, 0.15) is 266 Å². The molecule has 0 fully saturated rings. The van der Waals surface area contributed by atoms with Crippen molar-refractivity contribution in [3.63, 3.8) is 0 Å². The van der Waals surface area contributed by atoms with Crippen LogP contribution in [0, 0.1) is 11.8 Å². The molecule has 0 rings (SSSR count). The minimum atomic E-state index is -4.93. The van der Waals surface area contributed by atoms with Crippen molar-refractivity contribution >= 4 is 39.5 Å². The molecule has 0 saturated heterocycles. The van der Waals surface area contributed by atoms with E-state index >= 15 is 0 Å². The third-order valence-corrected chi connectivity index (χ3v) is 14.6. The van der Waals surface area contributed by atoms with E-state index in [0.29, 0.717) is 31.6 Å². The summed E-state index contributed by atoms with van der Waals surface area (Å²) in [5.74, 6) is -0.744. The highest BCUT2D eigenvalue weighted by atomic mass is 31.2. The maximum absolute atomic E-state index is 12.9. The number of unbranched alkanes of at least 4 members (excludes halogenated alkanes) is 25. The SMILES string of the molecule is CCCCCCCCCCCC(=O)O[C@H](COC(=O)CCCCCCC)COP(=O)(O)OC[C@H](O)COP(=O)(O)OC[C@@H](COC(=O)CCCCCCCCC(C)C)OC(=O)CCCCCCCCCCCC(C)C. The molecule has 0 aromatic carbocycles. The van der Waals surface area contributed by atoms with Crippen molar-refractivity contribution in [2.24, 2.45) is 11.8 Å². The second kappa shape index (κ2) is 49.1. The van der Waals surface area contributed by atoms with E-state index in [2.05, 4.69) is 41.5 Å². The van der Waals surface area contributed by atoms with Crippen molar-refractivity contribution in [2.45, 2.75) is 285 Å². The lowest BCUT2D eigenvalue weighted by atomic mass is 10.0. The van der Waals surface area contributed by atoms with E-state index in [-0.39, 0.29) is 25.7 Å². The summed E-state index contributed by atoms with van der Waals surface area (Å²) in [5, 5.41) is 10.5. The molecular weight excluding hydrogens is 1010 g/mol. The van der Waals surface area contributed by atoms with Gasteiger partial charge in [0, 0.05) is 25.7 Å². The monoisotopic (exact) mass is 1110 g/mol. The zero-order valence-corrected chi connectivity index (χ0v) is 49.6. The fourth-order valence-electron chi connectivity index (χ4n) is 8.12. The zero-order chi connectivity index (χ0) is 55.8. The highest BCUT2D eigenvalue weighted by Gasteiger charge is 2.30. The minimum Gasteiger partial charge on any atom is -0.462 e. The number of carbonyl (C=O) groups excluding carboxylic acids is 4. The van der Waals surface area contributed by atoms with Crippen LogP contribution in [0.25, 0.3) is 0 Å². The number of esters is 4. The molecule has 0 aromatic rings. The largest absolute Gasteiger partial charge is 0.472 e. The van der Waals surface area contributed by atoms with Crippen molar-refractivity contribution in [1.82, 2.24) is 0 Å². The highest BCUT2D eigenvalue weighted by Crippen LogP contribution is 2.45. The Morgan fingerprint density at radius 3 is 0.907 bits per heavy atom. The number of carbonyl (C=O) groups is 4. The molecular formula is C56H108O17P2. The van der Waals surface area contributed by atoms with Crippen molar-refractivity contribution in [2.75, 3.05) is 39.6 Å². The maximum atomic E-state index is 12.9. The molecule has 3 N–H and O–H groups in total. The third-order valence-electron chi connectivity index (χ3n) is 12.7. The van der Waals surface area contributed by atoms with Crippen LogP contribution in [0.2, 0.25) is 0 Å². The Bertz CT molecular complexity index is 1500. The first kappa shape index (κ1) is 73.1. The molecule has 0 aliphatic rings. The van der Waals surface area contributed by atoms with Crippen molar-refractivity contribution in [3.8, 4) is 0 Å². The lowest BCUT2D eigenvalue weighted by Gasteiger charge is -2.21. The van der Waals surface area contributed by atoms with E-state index in [0.717, 1.165) is 109 Å². The van der Waals surface area contributed by atoms with E-state index < -0.39 is 97.5 Å². The summed E-state index contributed by atoms with van der Waals surface area (Å²) >= 11 is 0. The number of phosphoric acid groups is 2. The number of ether oxygens (including phenoxy) is 4. The van der Waals surface area contributed by atoms with Gasteiger partial charge in [-0.2, -0.15) is 0 Å². The summed E-state index contributed by atoms with van der Waals surface area (Å²) < 4.78 is 67.4. The highest BCUT2D eigenvalue weighted by molar-refractivity contribution is 7.47. The van der Waals surface area contributed by atoms with Gasteiger partial charge in [0.2, 0.25) is 0 Å². The maximum Gasteiger partial charge on any atom is 0.472 e. The molecule has 0 bridgehead atoms. The van der Waals surface area contributed by atoms with Crippen LogP contribution in [-0.2, 0) is 65.4 Å².